The topological polar surface area (TPSA) is 63.9 Å². The third-order valence-electron chi connectivity index (χ3n) is 5.39. The summed E-state index contributed by atoms with van der Waals surface area (Å²) >= 11 is 0. The van der Waals surface area contributed by atoms with Crippen LogP contribution in [0.4, 0.5) is 5.69 Å². The number of fused-ring (bicyclic) bond motifs is 1. The molecular weight excluding hydrogens is 338 g/mol. The maximum absolute atomic E-state index is 12.9. The molecule has 27 heavy (non-hydrogen) atoms. The van der Waals surface area contributed by atoms with Crippen molar-refractivity contribution in [3.05, 3.63) is 75.5 Å². The van der Waals surface area contributed by atoms with Gasteiger partial charge in [0.05, 0.1) is 6.20 Å². The molecule has 0 fully saturated rings. The highest BCUT2D eigenvalue weighted by Crippen LogP contribution is 2.35. The quantitative estimate of drug-likeness (QED) is 0.718. The van der Waals surface area contributed by atoms with Crippen LogP contribution in [0.1, 0.15) is 34.6 Å². The average Bonchev–Trinajstić information content (AvgIpc) is 2.68. The minimum absolute atomic E-state index is 0.101. The van der Waals surface area contributed by atoms with Crippen molar-refractivity contribution in [1.29, 1.82) is 0 Å². The van der Waals surface area contributed by atoms with E-state index in [4.69, 9.17) is 0 Å². The Kier molecular flexibility index (Phi) is 4.48. The van der Waals surface area contributed by atoms with Gasteiger partial charge in [0, 0.05) is 37.7 Å². The summed E-state index contributed by atoms with van der Waals surface area (Å²) in [6, 6.07) is 8.21. The Hall–Kier alpha value is -3.02. The highest BCUT2D eigenvalue weighted by molar-refractivity contribution is 5.56. The van der Waals surface area contributed by atoms with Gasteiger partial charge in [-0.1, -0.05) is 12.1 Å². The van der Waals surface area contributed by atoms with E-state index < -0.39 is 0 Å². The molecule has 0 amide bonds. The van der Waals surface area contributed by atoms with Gasteiger partial charge in [0.2, 0.25) is 0 Å². The van der Waals surface area contributed by atoms with Gasteiger partial charge >= 0.3 is 0 Å². The smallest absolute Gasteiger partial charge is 0.277 e. The Morgan fingerprint density at radius 3 is 2.67 bits per heavy atom. The highest BCUT2D eigenvalue weighted by atomic mass is 16.1. The molecule has 1 unspecified atom stereocenters. The molecule has 2 heterocycles. The van der Waals surface area contributed by atoms with Gasteiger partial charge in [0.25, 0.3) is 11.5 Å². The highest BCUT2D eigenvalue weighted by Gasteiger charge is 2.25. The first-order chi connectivity index (χ1) is 13.1. The van der Waals surface area contributed by atoms with Gasteiger partial charge in [0.15, 0.2) is 0 Å². The summed E-state index contributed by atoms with van der Waals surface area (Å²) < 4.78 is 1.30. The summed E-state index contributed by atoms with van der Waals surface area (Å²) in [5.41, 5.74) is 5.70. The van der Waals surface area contributed by atoms with E-state index in [9.17, 15) is 4.79 Å². The molecular formula is C21H23N5O. The molecule has 1 aliphatic carbocycles. The molecule has 0 saturated carbocycles. The van der Waals surface area contributed by atoms with Crippen LogP contribution < -0.4 is 10.5 Å². The second-order valence-electron chi connectivity index (χ2n) is 7.24. The van der Waals surface area contributed by atoms with Crippen molar-refractivity contribution in [3.63, 3.8) is 0 Å². The molecule has 6 nitrogen and oxygen atoms in total. The second-order valence-corrected chi connectivity index (χ2v) is 7.24. The first-order valence-corrected chi connectivity index (χ1v) is 9.20. The Bertz CT molecular complexity index is 1030. The molecule has 1 atom stereocenters. The Balaban J connectivity index is 1.68. The fourth-order valence-electron chi connectivity index (χ4n) is 4.03. The summed E-state index contributed by atoms with van der Waals surface area (Å²) in [5, 5.41) is 4.33. The van der Waals surface area contributed by atoms with Gasteiger partial charge in [-0.15, -0.1) is 0 Å². The fourth-order valence-corrected chi connectivity index (χ4v) is 4.03. The second kappa shape index (κ2) is 6.95. The van der Waals surface area contributed by atoms with Crippen LogP contribution >= 0.6 is 0 Å². The molecule has 0 N–H and O–H groups in total. The number of rotatable bonds is 3. The average molecular weight is 361 g/mol. The van der Waals surface area contributed by atoms with Crippen LogP contribution in [0.2, 0.25) is 0 Å². The number of aromatic nitrogens is 4. The molecule has 4 rings (SSSR count). The lowest BCUT2D eigenvalue weighted by atomic mass is 9.79. The first-order valence-electron chi connectivity index (χ1n) is 9.20. The molecule has 0 bridgehead atoms. The largest absolute Gasteiger partial charge is 0.377 e. The molecule has 2 aromatic heterocycles. The van der Waals surface area contributed by atoms with E-state index in [0.29, 0.717) is 11.9 Å². The minimum atomic E-state index is -0.101. The van der Waals surface area contributed by atoms with Crippen molar-refractivity contribution in [3.8, 4) is 5.95 Å². The van der Waals surface area contributed by atoms with Gasteiger partial charge in [-0.25, -0.2) is 9.97 Å². The predicted octanol–water partition coefficient (Wildman–Crippen LogP) is 2.67. The Morgan fingerprint density at radius 2 is 1.93 bits per heavy atom. The molecule has 138 valence electrons. The van der Waals surface area contributed by atoms with Crippen LogP contribution in [0.15, 0.2) is 47.7 Å². The molecule has 6 heteroatoms. The lowest BCUT2D eigenvalue weighted by molar-refractivity contribution is 0.563. The molecule has 3 aromatic rings. The van der Waals surface area contributed by atoms with Crippen LogP contribution in [0.3, 0.4) is 0 Å². The summed E-state index contributed by atoms with van der Waals surface area (Å²) in [5.74, 6) is 0.726. The standard InChI is InChI=1S/C21H23N5O/c1-14-17(6-4-7-19(14)25(2)3)15-8-9-18-16(12-15)13-24-26(20(18)27)21-22-10-5-11-23-21/h4-7,10-11,13,15H,8-9,12H2,1-3H3. The summed E-state index contributed by atoms with van der Waals surface area (Å²) in [4.78, 5) is 23.3. The van der Waals surface area contributed by atoms with Crippen molar-refractivity contribution in [1.82, 2.24) is 19.7 Å². The van der Waals surface area contributed by atoms with Crippen LogP contribution in [0.5, 0.6) is 0 Å². The van der Waals surface area contributed by atoms with E-state index >= 15 is 0 Å². The minimum Gasteiger partial charge on any atom is -0.377 e. The summed E-state index contributed by atoms with van der Waals surface area (Å²) in [6.45, 7) is 2.18. The van der Waals surface area contributed by atoms with Gasteiger partial charge in [-0.2, -0.15) is 9.78 Å². The molecule has 1 aromatic carbocycles. The molecule has 1 aliphatic rings. The number of benzene rings is 1. The van der Waals surface area contributed by atoms with E-state index in [1.807, 2.05) is 6.20 Å². The Labute approximate surface area is 158 Å². The van der Waals surface area contributed by atoms with Crippen molar-refractivity contribution in [2.75, 3.05) is 19.0 Å². The SMILES string of the molecule is Cc1c(C2CCc3c(cnn(-c4ncccn4)c3=O)C2)cccc1N(C)C. The summed E-state index contributed by atoms with van der Waals surface area (Å²) in [7, 11) is 4.14. The molecule has 0 spiro atoms. The van der Waals surface area contributed by atoms with Crippen molar-refractivity contribution in [2.45, 2.75) is 32.1 Å². The normalized spacial score (nSPS) is 16.0. The van der Waals surface area contributed by atoms with Gasteiger partial charge < -0.3 is 4.90 Å². The maximum Gasteiger partial charge on any atom is 0.277 e. The third-order valence-corrected chi connectivity index (χ3v) is 5.39. The maximum atomic E-state index is 12.9. The van der Waals surface area contributed by atoms with E-state index in [-0.39, 0.29) is 5.56 Å². The fraction of sp³-hybridized carbons (Fsp3) is 0.333. The molecule has 0 saturated heterocycles. The predicted molar refractivity (Wildman–Crippen MR) is 106 cm³/mol. The van der Waals surface area contributed by atoms with Gasteiger partial charge in [-0.3, -0.25) is 4.79 Å². The number of anilines is 1. The number of hydrogen-bond donors (Lipinski definition) is 0. The number of hydrogen-bond acceptors (Lipinski definition) is 5. The Morgan fingerprint density at radius 1 is 1.15 bits per heavy atom. The van der Waals surface area contributed by atoms with Crippen LogP contribution in [0, 0.1) is 6.92 Å². The van der Waals surface area contributed by atoms with E-state index in [0.717, 1.165) is 30.4 Å². The van der Waals surface area contributed by atoms with Crippen molar-refractivity contribution >= 4 is 5.69 Å². The van der Waals surface area contributed by atoms with Crippen LogP contribution in [-0.4, -0.2) is 33.8 Å². The summed E-state index contributed by atoms with van der Waals surface area (Å²) in [6.07, 6.45) is 7.59. The van der Waals surface area contributed by atoms with Gasteiger partial charge in [-0.05, 0) is 60.9 Å². The zero-order valence-electron chi connectivity index (χ0n) is 15.9. The third kappa shape index (κ3) is 3.12. The van der Waals surface area contributed by atoms with Crippen LogP contribution in [0.25, 0.3) is 5.95 Å². The van der Waals surface area contributed by atoms with E-state index in [1.165, 1.54) is 21.5 Å². The monoisotopic (exact) mass is 361 g/mol. The van der Waals surface area contributed by atoms with Crippen molar-refractivity contribution in [2.24, 2.45) is 0 Å². The molecule has 0 aliphatic heterocycles. The van der Waals surface area contributed by atoms with Gasteiger partial charge in [0.1, 0.15) is 0 Å². The zero-order chi connectivity index (χ0) is 19.0. The number of nitrogens with zero attached hydrogens (tertiary/aromatic N) is 5. The molecule has 0 radical (unpaired) electrons. The zero-order valence-corrected chi connectivity index (χ0v) is 15.9. The lowest BCUT2D eigenvalue weighted by Crippen LogP contribution is -2.30. The lowest BCUT2D eigenvalue weighted by Gasteiger charge is -2.27. The first kappa shape index (κ1) is 17.4. The van der Waals surface area contributed by atoms with E-state index in [1.54, 1.807) is 18.5 Å². The van der Waals surface area contributed by atoms with Crippen LogP contribution in [-0.2, 0) is 12.8 Å². The van der Waals surface area contributed by atoms with E-state index in [2.05, 4.69) is 59.2 Å². The van der Waals surface area contributed by atoms with Crippen molar-refractivity contribution < 1.29 is 0 Å².